The number of methoxy groups -OCH3 is 1. The zero-order valence-electron chi connectivity index (χ0n) is 12.2. The minimum Gasteiger partial charge on any atom is -0.493 e. The molecular weight excluding hydrogens is 392 g/mol. The quantitative estimate of drug-likeness (QED) is 0.668. The molecule has 0 bridgehead atoms. The minimum atomic E-state index is -3.02. The van der Waals surface area contributed by atoms with Crippen LogP contribution in [0.2, 0.25) is 0 Å². The van der Waals surface area contributed by atoms with Crippen LogP contribution in [0.25, 0.3) is 0 Å². The third-order valence-electron chi connectivity index (χ3n) is 2.82. The van der Waals surface area contributed by atoms with Gasteiger partial charge in [0.05, 0.1) is 7.11 Å². The summed E-state index contributed by atoms with van der Waals surface area (Å²) >= 11 is 3.18. The Bertz CT molecular complexity index is 751. The van der Waals surface area contributed by atoms with Crippen molar-refractivity contribution in [2.45, 2.75) is 6.61 Å². The van der Waals surface area contributed by atoms with Gasteiger partial charge in [-0.3, -0.25) is 20.4 Å². The van der Waals surface area contributed by atoms with Crippen LogP contribution in [0.4, 0.5) is 8.78 Å². The Balaban J connectivity index is 2.03. The number of hydrogen-bond acceptors (Lipinski definition) is 4. The standard InChI is InChI=1S/C14H12BrF2N3O4/c1-23-11-4-7(2-3-10(11)24-14(16)17)12(21)19-20-13(22)9-5-8(15)6-18-9/h2-6,14,18H,1H3,(H,19,21)(H,20,22). The maximum Gasteiger partial charge on any atom is 0.387 e. The monoisotopic (exact) mass is 403 g/mol. The summed E-state index contributed by atoms with van der Waals surface area (Å²) in [5.41, 5.74) is 4.73. The normalized spacial score (nSPS) is 10.4. The first-order chi connectivity index (χ1) is 11.4. The summed E-state index contributed by atoms with van der Waals surface area (Å²) in [5.74, 6) is -1.46. The number of amides is 2. The number of nitrogens with one attached hydrogen (secondary N) is 3. The molecule has 2 aromatic rings. The Kier molecular flexibility index (Phi) is 5.74. The number of H-pyrrole nitrogens is 1. The van der Waals surface area contributed by atoms with E-state index in [-0.39, 0.29) is 22.8 Å². The maximum atomic E-state index is 12.3. The van der Waals surface area contributed by atoms with E-state index in [0.717, 1.165) is 0 Å². The Morgan fingerprint density at radius 1 is 1.17 bits per heavy atom. The van der Waals surface area contributed by atoms with Crippen LogP contribution in [-0.2, 0) is 0 Å². The van der Waals surface area contributed by atoms with Crippen molar-refractivity contribution >= 4 is 27.7 Å². The van der Waals surface area contributed by atoms with Crippen LogP contribution >= 0.6 is 15.9 Å². The number of rotatable bonds is 5. The molecule has 3 N–H and O–H groups in total. The Morgan fingerprint density at radius 2 is 1.88 bits per heavy atom. The van der Waals surface area contributed by atoms with E-state index in [0.29, 0.717) is 4.47 Å². The number of benzene rings is 1. The second-order valence-corrected chi connectivity index (χ2v) is 5.30. The van der Waals surface area contributed by atoms with Gasteiger partial charge in [0.2, 0.25) is 0 Å². The molecule has 0 aliphatic rings. The minimum absolute atomic E-state index is 0.0393. The highest BCUT2D eigenvalue weighted by atomic mass is 79.9. The fourth-order valence-corrected chi connectivity index (χ4v) is 2.10. The SMILES string of the molecule is COc1cc(C(=O)NNC(=O)c2cc(Br)c[nH]2)ccc1OC(F)F. The molecule has 0 saturated carbocycles. The molecule has 2 rings (SSSR count). The van der Waals surface area contributed by atoms with Gasteiger partial charge in [0.1, 0.15) is 5.69 Å². The van der Waals surface area contributed by atoms with Crippen molar-refractivity contribution in [3.63, 3.8) is 0 Å². The summed E-state index contributed by atoms with van der Waals surface area (Å²) < 4.78 is 34.4. The van der Waals surface area contributed by atoms with Crippen molar-refractivity contribution in [2.24, 2.45) is 0 Å². The highest BCUT2D eigenvalue weighted by Crippen LogP contribution is 2.29. The van der Waals surface area contributed by atoms with Gasteiger partial charge in [-0.15, -0.1) is 0 Å². The van der Waals surface area contributed by atoms with Crippen LogP contribution in [0.5, 0.6) is 11.5 Å². The third kappa shape index (κ3) is 4.44. The lowest BCUT2D eigenvalue weighted by Gasteiger charge is -2.11. The first-order valence-electron chi connectivity index (χ1n) is 6.48. The van der Waals surface area contributed by atoms with E-state index in [4.69, 9.17) is 4.74 Å². The van der Waals surface area contributed by atoms with Gasteiger partial charge in [-0.2, -0.15) is 8.78 Å². The molecular formula is C14H12BrF2N3O4. The lowest BCUT2D eigenvalue weighted by atomic mass is 10.2. The zero-order chi connectivity index (χ0) is 17.7. The molecule has 0 aliphatic carbocycles. The molecule has 0 saturated heterocycles. The molecule has 10 heteroatoms. The van der Waals surface area contributed by atoms with E-state index in [2.05, 4.69) is 36.5 Å². The van der Waals surface area contributed by atoms with E-state index in [1.54, 1.807) is 6.20 Å². The first-order valence-corrected chi connectivity index (χ1v) is 7.27. The van der Waals surface area contributed by atoms with Crippen molar-refractivity contribution in [1.82, 2.24) is 15.8 Å². The number of halogens is 3. The molecule has 24 heavy (non-hydrogen) atoms. The summed E-state index contributed by atoms with van der Waals surface area (Å²) in [5, 5.41) is 0. The summed E-state index contributed by atoms with van der Waals surface area (Å²) in [6.07, 6.45) is 1.56. The Hall–Kier alpha value is -2.62. The predicted octanol–water partition coefficient (Wildman–Crippen LogP) is 2.46. The second kappa shape index (κ2) is 7.77. The molecule has 0 unspecified atom stereocenters. The number of carbonyl (C=O) groups excluding carboxylic acids is 2. The number of alkyl halides is 2. The van der Waals surface area contributed by atoms with E-state index in [1.807, 2.05) is 0 Å². The van der Waals surface area contributed by atoms with Crippen LogP contribution in [0.15, 0.2) is 34.9 Å². The molecule has 2 amide bonds. The number of aromatic nitrogens is 1. The number of hydrazine groups is 1. The van der Waals surface area contributed by atoms with Crippen LogP contribution in [0.3, 0.4) is 0 Å². The molecule has 1 aromatic heterocycles. The molecule has 0 aliphatic heterocycles. The van der Waals surface area contributed by atoms with E-state index >= 15 is 0 Å². The summed E-state index contributed by atoms with van der Waals surface area (Å²) in [6.45, 7) is -3.02. The predicted molar refractivity (Wildman–Crippen MR) is 83.1 cm³/mol. The van der Waals surface area contributed by atoms with E-state index < -0.39 is 18.4 Å². The topological polar surface area (TPSA) is 92.5 Å². The molecule has 1 aromatic carbocycles. The van der Waals surface area contributed by atoms with E-state index in [9.17, 15) is 18.4 Å². The number of hydrogen-bond donors (Lipinski definition) is 3. The Morgan fingerprint density at radius 3 is 2.46 bits per heavy atom. The molecule has 1 heterocycles. The van der Waals surface area contributed by atoms with Gasteiger partial charge < -0.3 is 14.5 Å². The smallest absolute Gasteiger partial charge is 0.387 e. The first kappa shape index (κ1) is 17.7. The lowest BCUT2D eigenvalue weighted by molar-refractivity contribution is -0.0512. The molecule has 0 fully saturated rings. The van der Waals surface area contributed by atoms with Gasteiger partial charge in [-0.25, -0.2) is 0 Å². The Labute approximate surface area is 143 Å². The van der Waals surface area contributed by atoms with Gasteiger partial charge in [0.25, 0.3) is 11.8 Å². The van der Waals surface area contributed by atoms with Crippen molar-refractivity contribution in [3.05, 3.63) is 46.2 Å². The van der Waals surface area contributed by atoms with Gasteiger partial charge in [-0.05, 0) is 40.2 Å². The van der Waals surface area contributed by atoms with Crippen LogP contribution in [0, 0.1) is 0 Å². The van der Waals surface area contributed by atoms with Gasteiger partial charge in [-0.1, -0.05) is 0 Å². The lowest BCUT2D eigenvalue weighted by Crippen LogP contribution is -2.41. The van der Waals surface area contributed by atoms with Crippen molar-refractivity contribution in [3.8, 4) is 11.5 Å². The maximum absolute atomic E-state index is 12.3. The fraction of sp³-hybridized carbons (Fsp3) is 0.143. The van der Waals surface area contributed by atoms with Crippen molar-refractivity contribution in [1.29, 1.82) is 0 Å². The molecule has 7 nitrogen and oxygen atoms in total. The number of ether oxygens (including phenoxy) is 2. The average molecular weight is 404 g/mol. The largest absolute Gasteiger partial charge is 0.493 e. The highest BCUT2D eigenvalue weighted by Gasteiger charge is 2.15. The van der Waals surface area contributed by atoms with Gasteiger partial charge in [0, 0.05) is 16.2 Å². The second-order valence-electron chi connectivity index (χ2n) is 4.38. The average Bonchev–Trinajstić information content (AvgIpc) is 2.98. The summed E-state index contributed by atoms with van der Waals surface area (Å²) in [4.78, 5) is 26.5. The van der Waals surface area contributed by atoms with E-state index in [1.165, 1.54) is 31.4 Å². The molecule has 0 atom stereocenters. The summed E-state index contributed by atoms with van der Waals surface area (Å²) in [7, 11) is 1.25. The fourth-order valence-electron chi connectivity index (χ4n) is 1.75. The molecule has 0 radical (unpaired) electrons. The van der Waals surface area contributed by atoms with Crippen molar-refractivity contribution < 1.29 is 27.8 Å². The molecule has 128 valence electrons. The van der Waals surface area contributed by atoms with Gasteiger partial charge >= 0.3 is 6.61 Å². The van der Waals surface area contributed by atoms with Crippen molar-refractivity contribution in [2.75, 3.05) is 7.11 Å². The summed E-state index contributed by atoms with van der Waals surface area (Å²) in [6, 6.07) is 5.17. The van der Waals surface area contributed by atoms with Crippen LogP contribution in [-0.4, -0.2) is 30.5 Å². The van der Waals surface area contributed by atoms with Crippen LogP contribution in [0.1, 0.15) is 20.8 Å². The van der Waals surface area contributed by atoms with Gasteiger partial charge in [0.15, 0.2) is 11.5 Å². The molecule has 0 spiro atoms. The zero-order valence-corrected chi connectivity index (χ0v) is 13.8. The number of aromatic amines is 1. The van der Waals surface area contributed by atoms with Crippen LogP contribution < -0.4 is 20.3 Å². The highest BCUT2D eigenvalue weighted by molar-refractivity contribution is 9.10. The third-order valence-corrected chi connectivity index (χ3v) is 3.28. The number of carbonyl (C=O) groups is 2.